The van der Waals surface area contributed by atoms with Crippen LogP contribution in [0, 0.1) is 11.8 Å². The molecule has 2 amide bonds. The van der Waals surface area contributed by atoms with Gasteiger partial charge in [0.25, 0.3) is 5.91 Å². The lowest BCUT2D eigenvalue weighted by molar-refractivity contribution is -0.117. The Hall–Kier alpha value is -2.81. The normalized spacial score (nSPS) is 21.1. The van der Waals surface area contributed by atoms with E-state index in [4.69, 9.17) is 9.47 Å². The molecule has 1 saturated carbocycles. The van der Waals surface area contributed by atoms with Crippen LogP contribution in [0.3, 0.4) is 0 Å². The van der Waals surface area contributed by atoms with Crippen LogP contribution in [0.5, 0.6) is 0 Å². The molecule has 1 aromatic carbocycles. The Morgan fingerprint density at radius 2 is 2.06 bits per heavy atom. The van der Waals surface area contributed by atoms with Gasteiger partial charge in [-0.05, 0) is 37.5 Å². The maximum absolute atomic E-state index is 13.6. The summed E-state index contributed by atoms with van der Waals surface area (Å²) in [4.78, 5) is 27.5. The number of anilines is 1. The largest absolute Gasteiger partial charge is 0.494 e. The second kappa shape index (κ2) is 9.21. The van der Waals surface area contributed by atoms with Crippen LogP contribution in [0.15, 0.2) is 41.9 Å². The molecule has 0 aromatic heterocycles. The van der Waals surface area contributed by atoms with Gasteiger partial charge in [0, 0.05) is 31.1 Å². The van der Waals surface area contributed by atoms with Crippen molar-refractivity contribution in [2.45, 2.75) is 38.8 Å². The number of benzene rings is 1. The predicted octanol–water partition coefficient (Wildman–Crippen LogP) is 2.87. The highest BCUT2D eigenvalue weighted by Gasteiger charge is 2.41. The molecule has 1 heterocycles. The number of carbonyl (C=O) groups is 2. The van der Waals surface area contributed by atoms with Crippen molar-refractivity contribution >= 4 is 27.3 Å². The summed E-state index contributed by atoms with van der Waals surface area (Å²) in [5.41, 5.74) is 1.72. The van der Waals surface area contributed by atoms with Crippen LogP contribution in [-0.4, -0.2) is 56.9 Å². The summed E-state index contributed by atoms with van der Waals surface area (Å²) in [6.45, 7) is 2.62. The summed E-state index contributed by atoms with van der Waals surface area (Å²) >= 11 is 0. The summed E-state index contributed by atoms with van der Waals surface area (Å²) in [7, 11) is -1.83. The van der Waals surface area contributed by atoms with Gasteiger partial charge in [-0.2, -0.15) is 0 Å². The lowest BCUT2D eigenvalue weighted by Crippen LogP contribution is -2.45. The first kappa shape index (κ1) is 23.4. The molecule has 9 heteroatoms. The van der Waals surface area contributed by atoms with E-state index < -0.39 is 15.9 Å². The quantitative estimate of drug-likeness (QED) is 0.591. The standard InChI is InChI=1S/C24H30N2O6S/c1-4-32-21-12-16(10-11-20(21)31-2)19(14-33(3,29)30)26-13-17-6-5-7-18(22(17)24(26)28)25-23(27)15-8-9-15/h5-7,10-11,15-16,19H,4,8-9,12-14H2,1-3H3,(H,25,27)/t16?,19-/m1/s1. The molecule has 3 aliphatic rings. The van der Waals surface area contributed by atoms with Gasteiger partial charge in [0.1, 0.15) is 15.6 Å². The van der Waals surface area contributed by atoms with E-state index in [-0.39, 0.29) is 35.9 Å². The molecule has 2 aliphatic carbocycles. The molecule has 0 radical (unpaired) electrons. The molecule has 1 aliphatic heterocycles. The molecule has 33 heavy (non-hydrogen) atoms. The summed E-state index contributed by atoms with van der Waals surface area (Å²) in [6.07, 6.45) is 7.02. The highest BCUT2D eigenvalue weighted by atomic mass is 32.2. The molecule has 0 saturated heterocycles. The molecule has 2 atom stereocenters. The third kappa shape index (κ3) is 5.08. The average Bonchev–Trinajstić information content (AvgIpc) is 3.56. The third-order valence-corrected chi connectivity index (χ3v) is 7.22. The number of hydrogen-bond donors (Lipinski definition) is 1. The van der Waals surface area contributed by atoms with Crippen LogP contribution in [0.4, 0.5) is 5.69 Å². The van der Waals surface area contributed by atoms with Crippen molar-refractivity contribution in [1.82, 2.24) is 4.90 Å². The summed E-state index contributed by atoms with van der Waals surface area (Å²) < 4.78 is 35.8. The maximum Gasteiger partial charge on any atom is 0.256 e. The smallest absolute Gasteiger partial charge is 0.256 e. The van der Waals surface area contributed by atoms with E-state index >= 15 is 0 Å². The molecule has 0 bridgehead atoms. The zero-order valence-electron chi connectivity index (χ0n) is 19.2. The van der Waals surface area contributed by atoms with Crippen molar-refractivity contribution in [2.75, 3.05) is 31.0 Å². The summed E-state index contributed by atoms with van der Waals surface area (Å²) in [5, 5.41) is 2.90. The van der Waals surface area contributed by atoms with E-state index in [1.54, 1.807) is 24.2 Å². The van der Waals surface area contributed by atoms with Crippen molar-refractivity contribution in [3.05, 3.63) is 53.0 Å². The topological polar surface area (TPSA) is 102 Å². The fraction of sp³-hybridized carbons (Fsp3) is 0.500. The predicted molar refractivity (Wildman–Crippen MR) is 124 cm³/mol. The van der Waals surface area contributed by atoms with Gasteiger partial charge in [0.2, 0.25) is 5.91 Å². The van der Waals surface area contributed by atoms with Gasteiger partial charge >= 0.3 is 0 Å². The fourth-order valence-corrected chi connectivity index (χ4v) is 5.58. The first-order valence-corrected chi connectivity index (χ1v) is 13.3. The number of hydrogen-bond acceptors (Lipinski definition) is 6. The zero-order chi connectivity index (χ0) is 23.8. The van der Waals surface area contributed by atoms with Gasteiger partial charge in [0.05, 0.1) is 36.8 Å². The molecule has 1 aromatic rings. The Kier molecular flexibility index (Phi) is 6.52. The van der Waals surface area contributed by atoms with Crippen LogP contribution in [0.1, 0.15) is 42.1 Å². The van der Waals surface area contributed by atoms with Gasteiger partial charge in [-0.3, -0.25) is 9.59 Å². The van der Waals surface area contributed by atoms with Gasteiger partial charge in [-0.25, -0.2) is 8.42 Å². The van der Waals surface area contributed by atoms with E-state index in [0.29, 0.717) is 35.8 Å². The maximum atomic E-state index is 13.6. The Bertz CT molecular complexity index is 1120. The lowest BCUT2D eigenvalue weighted by atomic mass is 9.90. The van der Waals surface area contributed by atoms with Crippen LogP contribution in [0.2, 0.25) is 0 Å². The molecule has 1 fully saturated rings. The number of rotatable bonds is 9. The first-order valence-electron chi connectivity index (χ1n) is 11.2. The number of methoxy groups -OCH3 is 1. The molecular formula is C24H30N2O6S. The highest BCUT2D eigenvalue weighted by molar-refractivity contribution is 7.90. The molecule has 1 N–H and O–H groups in total. The monoisotopic (exact) mass is 474 g/mol. The van der Waals surface area contributed by atoms with E-state index in [9.17, 15) is 18.0 Å². The van der Waals surface area contributed by atoms with Gasteiger partial charge < -0.3 is 19.7 Å². The summed E-state index contributed by atoms with van der Waals surface area (Å²) in [6, 6.07) is 4.80. The van der Waals surface area contributed by atoms with Gasteiger partial charge in [-0.15, -0.1) is 0 Å². The van der Waals surface area contributed by atoms with E-state index in [1.165, 1.54) is 6.26 Å². The van der Waals surface area contributed by atoms with Gasteiger partial charge in [0.15, 0.2) is 5.76 Å². The summed E-state index contributed by atoms with van der Waals surface area (Å²) in [5.74, 6) is 0.488. The van der Waals surface area contributed by atoms with Crippen molar-refractivity contribution in [2.24, 2.45) is 11.8 Å². The first-order chi connectivity index (χ1) is 15.7. The minimum atomic E-state index is -3.39. The van der Waals surface area contributed by atoms with E-state index in [2.05, 4.69) is 5.32 Å². The highest BCUT2D eigenvalue weighted by Crippen LogP contribution is 2.37. The SMILES string of the molecule is CCOC1=C(OC)C=CC([C@@H](CS(C)(=O)=O)N2Cc3cccc(NC(=O)C4CC4)c3C2=O)C1. The third-order valence-electron chi connectivity index (χ3n) is 6.27. The number of fused-ring (bicyclic) bond motifs is 1. The number of allylic oxidation sites excluding steroid dienone is 2. The van der Waals surface area contributed by atoms with Crippen LogP contribution >= 0.6 is 0 Å². The number of ether oxygens (including phenoxy) is 2. The number of nitrogens with zero attached hydrogens (tertiary/aromatic N) is 1. The number of carbonyl (C=O) groups excluding carboxylic acids is 2. The van der Waals surface area contributed by atoms with Crippen LogP contribution < -0.4 is 5.32 Å². The minimum absolute atomic E-state index is 0.0116. The molecule has 8 nitrogen and oxygen atoms in total. The number of sulfone groups is 1. The Labute approximate surface area is 194 Å². The van der Waals surface area contributed by atoms with E-state index in [1.807, 2.05) is 25.1 Å². The van der Waals surface area contributed by atoms with Crippen LogP contribution in [0.25, 0.3) is 0 Å². The number of nitrogens with one attached hydrogen (secondary N) is 1. The minimum Gasteiger partial charge on any atom is -0.494 e. The Morgan fingerprint density at radius 3 is 2.70 bits per heavy atom. The zero-order valence-corrected chi connectivity index (χ0v) is 20.0. The molecular weight excluding hydrogens is 444 g/mol. The van der Waals surface area contributed by atoms with Crippen molar-refractivity contribution in [3.8, 4) is 0 Å². The van der Waals surface area contributed by atoms with Crippen molar-refractivity contribution in [3.63, 3.8) is 0 Å². The Balaban J connectivity index is 1.63. The van der Waals surface area contributed by atoms with E-state index in [0.717, 1.165) is 18.4 Å². The fourth-order valence-electron chi connectivity index (χ4n) is 4.53. The number of amides is 2. The lowest BCUT2D eigenvalue weighted by Gasteiger charge is -2.34. The Morgan fingerprint density at radius 1 is 1.30 bits per heavy atom. The molecule has 4 rings (SSSR count). The van der Waals surface area contributed by atoms with Crippen molar-refractivity contribution < 1.29 is 27.5 Å². The average molecular weight is 475 g/mol. The second-order valence-electron chi connectivity index (χ2n) is 8.85. The van der Waals surface area contributed by atoms with Gasteiger partial charge in [-0.1, -0.05) is 18.2 Å². The second-order valence-corrected chi connectivity index (χ2v) is 11.0. The molecule has 0 spiro atoms. The van der Waals surface area contributed by atoms with Crippen molar-refractivity contribution in [1.29, 1.82) is 0 Å². The van der Waals surface area contributed by atoms with Crippen LogP contribution in [-0.2, 0) is 30.7 Å². The molecule has 178 valence electrons. The molecule has 1 unspecified atom stereocenters.